The lowest BCUT2D eigenvalue weighted by Crippen LogP contribution is -2.25. The highest BCUT2D eigenvalue weighted by Gasteiger charge is 2.22. The number of nitrogens with one attached hydrogen (secondary N) is 1. The Balaban J connectivity index is 1.67. The van der Waals surface area contributed by atoms with Crippen LogP contribution in [0.5, 0.6) is 11.5 Å². The molecule has 1 aliphatic rings. The molecule has 0 unspecified atom stereocenters. The van der Waals surface area contributed by atoms with Gasteiger partial charge in [-0.3, -0.25) is 4.79 Å². The van der Waals surface area contributed by atoms with Gasteiger partial charge in [0.25, 0.3) is 0 Å². The van der Waals surface area contributed by atoms with Gasteiger partial charge in [-0.25, -0.2) is 14.8 Å². The number of carbonyl (C=O) groups is 2. The first-order valence-corrected chi connectivity index (χ1v) is 9.56. The van der Waals surface area contributed by atoms with Gasteiger partial charge < -0.3 is 25.3 Å². The van der Waals surface area contributed by atoms with Crippen LogP contribution in [0.2, 0.25) is 0 Å². The fourth-order valence-electron chi connectivity index (χ4n) is 2.45. The molecule has 0 aliphatic carbocycles. The molecule has 2 heterocycles. The van der Waals surface area contributed by atoms with E-state index < -0.39 is 11.2 Å². The highest BCUT2D eigenvalue weighted by Crippen LogP contribution is 2.34. The topological polar surface area (TPSA) is 126 Å². The summed E-state index contributed by atoms with van der Waals surface area (Å²) in [5, 5.41) is 2.71. The molecule has 1 aromatic heterocycles. The van der Waals surface area contributed by atoms with Crippen LogP contribution < -0.4 is 20.5 Å². The molecule has 0 bridgehead atoms. The SMILES string of the molecule is CCOC(=O)c1cnc(S[C@@H](CC)C(=O)Nc2ccc3c(c2)OCO3)nc1N. The fourth-order valence-corrected chi connectivity index (χ4v) is 3.30. The minimum Gasteiger partial charge on any atom is -0.462 e. The zero-order valence-corrected chi connectivity index (χ0v) is 16.2. The maximum absolute atomic E-state index is 12.6. The van der Waals surface area contributed by atoms with Crippen molar-refractivity contribution in [2.75, 3.05) is 24.5 Å². The maximum atomic E-state index is 12.6. The standard InChI is InChI=1S/C18H20N4O5S/c1-3-14(16(23)21-10-5-6-12-13(7-10)27-9-26-12)28-18-20-8-11(15(19)22-18)17(24)25-4-2/h5-8,14H,3-4,9H2,1-2H3,(H,21,23)(H2,19,20,22)/t14-/m0/s1. The summed E-state index contributed by atoms with van der Waals surface area (Å²) in [5.41, 5.74) is 6.53. The van der Waals surface area contributed by atoms with Crippen molar-refractivity contribution in [3.63, 3.8) is 0 Å². The van der Waals surface area contributed by atoms with Crippen molar-refractivity contribution < 1.29 is 23.8 Å². The number of aromatic nitrogens is 2. The molecule has 28 heavy (non-hydrogen) atoms. The predicted octanol–water partition coefficient (Wildman–Crippen LogP) is 2.47. The molecule has 0 radical (unpaired) electrons. The van der Waals surface area contributed by atoms with Gasteiger partial charge in [0.05, 0.1) is 11.9 Å². The van der Waals surface area contributed by atoms with E-state index in [1.165, 1.54) is 18.0 Å². The largest absolute Gasteiger partial charge is 0.462 e. The second-order valence-corrected chi connectivity index (χ2v) is 6.91. The number of nitrogens with zero attached hydrogens (tertiary/aromatic N) is 2. The number of nitrogens with two attached hydrogens (primary N) is 1. The highest BCUT2D eigenvalue weighted by molar-refractivity contribution is 8.00. The van der Waals surface area contributed by atoms with Crippen molar-refractivity contribution in [1.82, 2.24) is 9.97 Å². The molecule has 0 spiro atoms. The van der Waals surface area contributed by atoms with E-state index in [4.69, 9.17) is 19.9 Å². The summed E-state index contributed by atoms with van der Waals surface area (Å²) in [7, 11) is 0. The van der Waals surface area contributed by atoms with Crippen LogP contribution in [0.15, 0.2) is 29.6 Å². The van der Waals surface area contributed by atoms with Crippen LogP contribution >= 0.6 is 11.8 Å². The number of esters is 1. The Labute approximate surface area is 166 Å². The maximum Gasteiger partial charge on any atom is 0.343 e. The number of carbonyl (C=O) groups excluding carboxylic acids is 2. The zero-order chi connectivity index (χ0) is 20.1. The first-order chi connectivity index (χ1) is 13.5. The van der Waals surface area contributed by atoms with Crippen LogP contribution in [-0.2, 0) is 9.53 Å². The summed E-state index contributed by atoms with van der Waals surface area (Å²) in [6, 6.07) is 5.19. The van der Waals surface area contributed by atoms with Gasteiger partial charge in [0.15, 0.2) is 16.7 Å². The van der Waals surface area contributed by atoms with Crippen molar-refractivity contribution >= 4 is 35.1 Å². The van der Waals surface area contributed by atoms with E-state index in [0.717, 1.165) is 0 Å². The van der Waals surface area contributed by atoms with Crippen molar-refractivity contribution in [3.05, 3.63) is 30.0 Å². The van der Waals surface area contributed by atoms with Crippen LogP contribution in [-0.4, -0.2) is 40.5 Å². The van der Waals surface area contributed by atoms with Gasteiger partial charge in [0.2, 0.25) is 12.7 Å². The molecule has 0 saturated heterocycles. The second-order valence-electron chi connectivity index (χ2n) is 5.74. The molecule has 0 fully saturated rings. The number of fused-ring (bicyclic) bond motifs is 1. The van der Waals surface area contributed by atoms with E-state index in [-0.39, 0.29) is 30.7 Å². The van der Waals surface area contributed by atoms with Gasteiger partial charge in [0, 0.05) is 18.0 Å². The van der Waals surface area contributed by atoms with Crippen molar-refractivity contribution in [2.45, 2.75) is 30.7 Å². The van der Waals surface area contributed by atoms with Gasteiger partial charge >= 0.3 is 5.97 Å². The molecule has 10 heteroatoms. The Morgan fingerprint density at radius 3 is 2.82 bits per heavy atom. The Morgan fingerprint density at radius 1 is 1.32 bits per heavy atom. The molecule has 0 saturated carbocycles. The number of ether oxygens (including phenoxy) is 3. The third kappa shape index (κ3) is 4.45. The van der Waals surface area contributed by atoms with E-state index in [2.05, 4.69) is 15.3 Å². The molecule has 1 atom stereocenters. The van der Waals surface area contributed by atoms with E-state index in [9.17, 15) is 9.59 Å². The quantitative estimate of drug-likeness (QED) is 0.406. The highest BCUT2D eigenvalue weighted by atomic mass is 32.2. The number of anilines is 2. The molecule has 3 rings (SSSR count). The van der Waals surface area contributed by atoms with Crippen LogP contribution in [0.4, 0.5) is 11.5 Å². The minimum atomic E-state index is -0.579. The molecule has 2 aromatic rings. The summed E-state index contributed by atoms with van der Waals surface area (Å²) in [5.74, 6) is 0.461. The third-order valence-electron chi connectivity index (χ3n) is 3.84. The van der Waals surface area contributed by atoms with E-state index in [0.29, 0.717) is 28.8 Å². The summed E-state index contributed by atoms with van der Waals surface area (Å²) in [6.07, 6.45) is 1.86. The second kappa shape index (κ2) is 8.79. The number of hydrogen-bond acceptors (Lipinski definition) is 9. The van der Waals surface area contributed by atoms with Crippen LogP contribution in [0.25, 0.3) is 0 Å². The molecule has 1 amide bonds. The Bertz CT molecular complexity index is 892. The van der Waals surface area contributed by atoms with E-state index in [1.54, 1.807) is 25.1 Å². The average Bonchev–Trinajstić information content (AvgIpc) is 3.14. The Kier molecular flexibility index (Phi) is 6.19. The number of thioether (sulfide) groups is 1. The Hall–Kier alpha value is -3.01. The molecule has 1 aromatic carbocycles. The number of amides is 1. The molecule has 1 aliphatic heterocycles. The fraction of sp³-hybridized carbons (Fsp3) is 0.333. The van der Waals surface area contributed by atoms with Gasteiger partial charge in [-0.1, -0.05) is 18.7 Å². The zero-order valence-electron chi connectivity index (χ0n) is 15.4. The average molecular weight is 404 g/mol. The molecule has 3 N–H and O–H groups in total. The lowest BCUT2D eigenvalue weighted by Gasteiger charge is -2.14. The molecule has 148 valence electrons. The Morgan fingerprint density at radius 2 is 2.11 bits per heavy atom. The van der Waals surface area contributed by atoms with Crippen LogP contribution in [0, 0.1) is 0 Å². The van der Waals surface area contributed by atoms with Crippen molar-refractivity contribution in [2.24, 2.45) is 0 Å². The molecular weight excluding hydrogens is 384 g/mol. The smallest absolute Gasteiger partial charge is 0.343 e. The van der Waals surface area contributed by atoms with Gasteiger partial charge in [-0.15, -0.1) is 0 Å². The van der Waals surface area contributed by atoms with Gasteiger partial charge in [-0.2, -0.15) is 0 Å². The van der Waals surface area contributed by atoms with Crippen molar-refractivity contribution in [3.8, 4) is 11.5 Å². The van der Waals surface area contributed by atoms with E-state index in [1.807, 2.05) is 6.92 Å². The minimum absolute atomic E-state index is 0.0157. The lowest BCUT2D eigenvalue weighted by molar-refractivity contribution is -0.115. The summed E-state index contributed by atoms with van der Waals surface area (Å²) >= 11 is 1.17. The normalized spacial score (nSPS) is 13.1. The van der Waals surface area contributed by atoms with Gasteiger partial charge in [-0.05, 0) is 25.5 Å². The first kappa shape index (κ1) is 19.7. The predicted molar refractivity (Wildman–Crippen MR) is 104 cm³/mol. The summed E-state index contributed by atoms with van der Waals surface area (Å²) < 4.78 is 15.5. The first-order valence-electron chi connectivity index (χ1n) is 8.68. The lowest BCUT2D eigenvalue weighted by atomic mass is 10.2. The van der Waals surface area contributed by atoms with Crippen LogP contribution in [0.3, 0.4) is 0 Å². The summed E-state index contributed by atoms with van der Waals surface area (Å²) in [6.45, 7) is 3.98. The van der Waals surface area contributed by atoms with Crippen LogP contribution in [0.1, 0.15) is 30.6 Å². The number of hydrogen-bond donors (Lipinski definition) is 2. The van der Waals surface area contributed by atoms with E-state index >= 15 is 0 Å². The number of benzene rings is 1. The summed E-state index contributed by atoms with van der Waals surface area (Å²) in [4.78, 5) is 32.6. The third-order valence-corrected chi connectivity index (χ3v) is 5.08. The molecular formula is C18H20N4O5S. The van der Waals surface area contributed by atoms with Gasteiger partial charge in [0.1, 0.15) is 11.4 Å². The monoisotopic (exact) mass is 404 g/mol. The number of rotatable bonds is 7. The van der Waals surface area contributed by atoms with Crippen molar-refractivity contribution in [1.29, 1.82) is 0 Å². The molecule has 9 nitrogen and oxygen atoms in total. The number of nitrogen functional groups attached to an aromatic ring is 1.